The SMILES string of the molecule is COc1ccc(Cl)c(N2C[C@@H](c3nc4ccccc4n3CCOc3ccc(C)cc3)CC2=O)c1. The van der Waals surface area contributed by atoms with Gasteiger partial charge in [-0.25, -0.2) is 4.98 Å². The lowest BCUT2D eigenvalue weighted by molar-refractivity contribution is -0.117. The first-order valence-electron chi connectivity index (χ1n) is 11.3. The number of benzene rings is 3. The zero-order chi connectivity index (χ0) is 23.7. The van der Waals surface area contributed by atoms with Crippen LogP contribution in [0.15, 0.2) is 66.7 Å². The largest absolute Gasteiger partial charge is 0.497 e. The van der Waals surface area contributed by atoms with Crippen LogP contribution in [0.4, 0.5) is 5.69 Å². The van der Waals surface area contributed by atoms with E-state index in [1.165, 1.54) is 5.56 Å². The van der Waals surface area contributed by atoms with Crippen molar-refractivity contribution in [1.29, 1.82) is 0 Å². The summed E-state index contributed by atoms with van der Waals surface area (Å²) in [5.41, 5.74) is 3.81. The third kappa shape index (κ3) is 4.33. The van der Waals surface area contributed by atoms with Gasteiger partial charge in [-0.3, -0.25) is 4.79 Å². The van der Waals surface area contributed by atoms with Gasteiger partial charge in [0.05, 0.1) is 35.4 Å². The fraction of sp³-hybridized carbons (Fsp3) is 0.259. The molecule has 174 valence electrons. The number of aryl methyl sites for hydroxylation is 1. The molecule has 1 aliphatic rings. The van der Waals surface area contributed by atoms with Crippen molar-refractivity contribution < 1.29 is 14.3 Å². The van der Waals surface area contributed by atoms with Crippen LogP contribution in [-0.2, 0) is 11.3 Å². The van der Waals surface area contributed by atoms with Crippen molar-refractivity contribution in [3.8, 4) is 11.5 Å². The van der Waals surface area contributed by atoms with E-state index in [0.29, 0.717) is 42.6 Å². The normalized spacial score (nSPS) is 15.8. The monoisotopic (exact) mass is 475 g/mol. The number of ether oxygens (including phenoxy) is 2. The third-order valence-corrected chi connectivity index (χ3v) is 6.54. The maximum absolute atomic E-state index is 13.0. The van der Waals surface area contributed by atoms with Crippen molar-refractivity contribution in [2.45, 2.75) is 25.8 Å². The highest BCUT2D eigenvalue weighted by atomic mass is 35.5. The topological polar surface area (TPSA) is 56.6 Å². The van der Waals surface area contributed by atoms with Crippen molar-refractivity contribution in [1.82, 2.24) is 9.55 Å². The van der Waals surface area contributed by atoms with Gasteiger partial charge in [0.2, 0.25) is 5.91 Å². The summed E-state index contributed by atoms with van der Waals surface area (Å²) in [6.07, 6.45) is 0.371. The van der Waals surface area contributed by atoms with Crippen LogP contribution in [0.5, 0.6) is 11.5 Å². The molecule has 1 atom stereocenters. The molecule has 0 spiro atoms. The van der Waals surface area contributed by atoms with Gasteiger partial charge in [-0.15, -0.1) is 0 Å². The number of fused-ring (bicyclic) bond motifs is 1. The second kappa shape index (κ2) is 9.39. The molecule has 1 aromatic heterocycles. The van der Waals surface area contributed by atoms with Crippen LogP contribution in [0, 0.1) is 6.92 Å². The standard InChI is InChI=1S/C27H26ClN3O3/c1-18-7-9-20(10-8-18)34-14-13-30-24-6-4-3-5-23(24)29-27(30)19-15-26(32)31(17-19)25-16-21(33-2)11-12-22(25)28/h3-12,16,19H,13-15,17H2,1-2H3/t19-/m0/s1. The smallest absolute Gasteiger partial charge is 0.227 e. The molecule has 3 aromatic carbocycles. The highest BCUT2D eigenvalue weighted by Crippen LogP contribution is 2.37. The van der Waals surface area contributed by atoms with Crippen molar-refractivity contribution >= 4 is 34.2 Å². The second-order valence-corrected chi connectivity index (χ2v) is 8.90. The van der Waals surface area contributed by atoms with Crippen LogP contribution < -0.4 is 14.4 Å². The fourth-order valence-corrected chi connectivity index (χ4v) is 4.69. The molecule has 5 rings (SSSR count). The number of imidazole rings is 1. The van der Waals surface area contributed by atoms with E-state index >= 15 is 0 Å². The molecule has 0 N–H and O–H groups in total. The summed E-state index contributed by atoms with van der Waals surface area (Å²) in [4.78, 5) is 19.7. The Kier molecular flexibility index (Phi) is 6.16. The molecule has 6 nitrogen and oxygen atoms in total. The van der Waals surface area contributed by atoms with E-state index in [4.69, 9.17) is 26.1 Å². The molecule has 0 saturated carbocycles. The summed E-state index contributed by atoms with van der Waals surface area (Å²) in [6, 6.07) is 21.4. The Morgan fingerprint density at radius 3 is 2.62 bits per heavy atom. The maximum Gasteiger partial charge on any atom is 0.227 e. The average Bonchev–Trinajstić information content (AvgIpc) is 3.41. The third-order valence-electron chi connectivity index (χ3n) is 6.22. The molecular formula is C27H26ClN3O3. The minimum Gasteiger partial charge on any atom is -0.497 e. The van der Waals surface area contributed by atoms with Gasteiger partial charge < -0.3 is 18.9 Å². The van der Waals surface area contributed by atoms with Crippen molar-refractivity contribution in [2.75, 3.05) is 25.2 Å². The lowest BCUT2D eigenvalue weighted by atomic mass is 10.1. The Morgan fingerprint density at radius 2 is 1.82 bits per heavy atom. The molecule has 1 saturated heterocycles. The second-order valence-electron chi connectivity index (χ2n) is 8.49. The van der Waals surface area contributed by atoms with Gasteiger partial charge in [-0.2, -0.15) is 0 Å². The highest BCUT2D eigenvalue weighted by molar-refractivity contribution is 6.34. The summed E-state index contributed by atoms with van der Waals surface area (Å²) >= 11 is 6.44. The number of rotatable bonds is 7. The molecule has 1 amide bonds. The molecule has 0 unspecified atom stereocenters. The summed E-state index contributed by atoms with van der Waals surface area (Å²) in [6.45, 7) is 3.70. The van der Waals surface area contributed by atoms with Crippen LogP contribution in [0.25, 0.3) is 11.0 Å². The summed E-state index contributed by atoms with van der Waals surface area (Å²) in [5, 5.41) is 0.523. The van der Waals surface area contributed by atoms with Gasteiger partial charge in [-0.1, -0.05) is 41.4 Å². The van der Waals surface area contributed by atoms with Gasteiger partial charge in [0.15, 0.2) is 0 Å². The summed E-state index contributed by atoms with van der Waals surface area (Å²) in [7, 11) is 1.60. The van der Waals surface area contributed by atoms with Crippen LogP contribution in [0.3, 0.4) is 0 Å². The molecule has 1 fully saturated rings. The van der Waals surface area contributed by atoms with Gasteiger partial charge in [0.1, 0.15) is 23.9 Å². The molecule has 2 heterocycles. The molecular weight excluding hydrogens is 450 g/mol. The van der Waals surface area contributed by atoms with E-state index in [-0.39, 0.29) is 11.8 Å². The number of methoxy groups -OCH3 is 1. The lowest BCUT2D eigenvalue weighted by Crippen LogP contribution is -2.25. The van der Waals surface area contributed by atoms with Gasteiger partial charge in [0, 0.05) is 24.9 Å². The number of hydrogen-bond acceptors (Lipinski definition) is 4. The predicted molar refractivity (Wildman–Crippen MR) is 134 cm³/mol. The average molecular weight is 476 g/mol. The summed E-state index contributed by atoms with van der Waals surface area (Å²) in [5.74, 6) is 2.36. The maximum atomic E-state index is 13.0. The first-order chi connectivity index (χ1) is 16.5. The molecule has 0 bridgehead atoms. The van der Waals surface area contributed by atoms with E-state index < -0.39 is 0 Å². The van der Waals surface area contributed by atoms with Gasteiger partial charge >= 0.3 is 0 Å². The first kappa shape index (κ1) is 22.3. The highest BCUT2D eigenvalue weighted by Gasteiger charge is 2.35. The number of aromatic nitrogens is 2. The zero-order valence-corrected chi connectivity index (χ0v) is 20.0. The number of anilines is 1. The van der Waals surface area contributed by atoms with E-state index in [0.717, 1.165) is 22.6 Å². The van der Waals surface area contributed by atoms with Gasteiger partial charge in [0.25, 0.3) is 0 Å². The van der Waals surface area contributed by atoms with Crippen molar-refractivity contribution in [2.24, 2.45) is 0 Å². The molecule has 7 heteroatoms. The lowest BCUT2D eigenvalue weighted by Gasteiger charge is -2.19. The van der Waals surface area contributed by atoms with E-state index in [1.54, 1.807) is 30.2 Å². The quantitative estimate of drug-likeness (QED) is 0.349. The first-order valence-corrected chi connectivity index (χ1v) is 11.7. The number of amides is 1. The van der Waals surface area contributed by atoms with Crippen LogP contribution in [0.2, 0.25) is 5.02 Å². The van der Waals surface area contributed by atoms with E-state index in [9.17, 15) is 4.79 Å². The molecule has 0 radical (unpaired) electrons. The number of nitrogens with zero attached hydrogens (tertiary/aromatic N) is 3. The van der Waals surface area contributed by atoms with Crippen LogP contribution in [-0.4, -0.2) is 35.7 Å². The fourth-order valence-electron chi connectivity index (χ4n) is 4.47. The summed E-state index contributed by atoms with van der Waals surface area (Å²) < 4.78 is 13.5. The Labute approximate surface area is 203 Å². The van der Waals surface area contributed by atoms with Crippen LogP contribution >= 0.6 is 11.6 Å². The number of carbonyl (C=O) groups is 1. The zero-order valence-electron chi connectivity index (χ0n) is 19.2. The Hall–Kier alpha value is -3.51. The molecule has 4 aromatic rings. The molecule has 0 aliphatic carbocycles. The minimum atomic E-state index is -0.0541. The number of halogens is 1. The van der Waals surface area contributed by atoms with Crippen LogP contribution in [0.1, 0.15) is 23.7 Å². The van der Waals surface area contributed by atoms with Gasteiger partial charge in [-0.05, 0) is 43.3 Å². The minimum absolute atomic E-state index is 0.0228. The predicted octanol–water partition coefficient (Wildman–Crippen LogP) is 5.61. The Morgan fingerprint density at radius 1 is 1.06 bits per heavy atom. The number of hydrogen-bond donors (Lipinski definition) is 0. The van der Waals surface area contributed by atoms with E-state index in [2.05, 4.69) is 17.6 Å². The Balaban J connectivity index is 1.41. The van der Waals surface area contributed by atoms with Crippen molar-refractivity contribution in [3.63, 3.8) is 0 Å². The molecule has 34 heavy (non-hydrogen) atoms. The van der Waals surface area contributed by atoms with E-state index in [1.807, 2.05) is 42.5 Å². The Bertz CT molecular complexity index is 1330. The number of para-hydroxylation sites is 2. The molecule has 1 aliphatic heterocycles. The number of carbonyl (C=O) groups excluding carboxylic acids is 1. The van der Waals surface area contributed by atoms with Crippen molar-refractivity contribution in [3.05, 3.63) is 83.1 Å².